The molecule has 0 aliphatic carbocycles. The fourth-order valence-corrected chi connectivity index (χ4v) is 4.19. The number of alkyl halides is 2. The predicted molar refractivity (Wildman–Crippen MR) is 145 cm³/mol. The van der Waals surface area contributed by atoms with E-state index in [1.165, 1.54) is 29.2 Å². The van der Waals surface area contributed by atoms with E-state index in [0.29, 0.717) is 28.7 Å². The Morgan fingerprint density at radius 3 is 2.54 bits per heavy atom. The first-order valence-corrected chi connectivity index (χ1v) is 12.7. The van der Waals surface area contributed by atoms with Crippen LogP contribution in [0.1, 0.15) is 31.0 Å². The number of aromatic nitrogens is 5. The molecule has 41 heavy (non-hydrogen) atoms. The molecule has 1 N–H and O–H groups in total. The van der Waals surface area contributed by atoms with Crippen molar-refractivity contribution in [1.82, 2.24) is 24.7 Å². The van der Waals surface area contributed by atoms with Crippen LogP contribution >= 0.6 is 0 Å². The van der Waals surface area contributed by atoms with Crippen molar-refractivity contribution in [1.29, 1.82) is 0 Å². The van der Waals surface area contributed by atoms with Gasteiger partial charge in [-0.1, -0.05) is 18.2 Å². The van der Waals surface area contributed by atoms with Gasteiger partial charge in [-0.2, -0.15) is 5.10 Å². The van der Waals surface area contributed by atoms with E-state index in [1.54, 1.807) is 31.2 Å². The third kappa shape index (κ3) is 6.06. The van der Waals surface area contributed by atoms with E-state index in [4.69, 9.17) is 9.47 Å². The molecule has 5 rings (SSSR count). The molecule has 12 heteroatoms. The van der Waals surface area contributed by atoms with E-state index in [-0.39, 0.29) is 48.5 Å². The standard InChI is InChI=1S/C29H25F4N6O2/c1-3-11-41-25-15-35-29(37-28(25)36-17-9-10-34-23(12-17)27(32)33)26-19-7-5-6-8-24(19)39(38-26)16-20-21(30)13-18(40-4-2)14-22(20)31/h5-10,12-15,27H,1,3-4,11,16H2,2H3,(H,34,35,36,37). The Hall–Kier alpha value is -4.74. The first-order valence-electron chi connectivity index (χ1n) is 12.7. The summed E-state index contributed by atoms with van der Waals surface area (Å²) in [6, 6.07) is 12.1. The van der Waals surface area contributed by atoms with E-state index in [9.17, 15) is 17.6 Å². The Morgan fingerprint density at radius 2 is 1.80 bits per heavy atom. The van der Waals surface area contributed by atoms with Crippen LogP contribution in [-0.2, 0) is 6.54 Å². The quantitative estimate of drug-likeness (QED) is 0.174. The van der Waals surface area contributed by atoms with Crippen LogP contribution < -0.4 is 14.8 Å². The normalized spacial score (nSPS) is 11.3. The summed E-state index contributed by atoms with van der Waals surface area (Å²) in [6.07, 6.45) is 0.422. The molecule has 2 aromatic carbocycles. The molecule has 211 valence electrons. The highest BCUT2D eigenvalue weighted by Gasteiger charge is 2.20. The molecule has 3 heterocycles. The molecule has 0 atom stereocenters. The van der Waals surface area contributed by atoms with Gasteiger partial charge in [0.05, 0.1) is 31.5 Å². The molecule has 0 spiro atoms. The zero-order valence-electron chi connectivity index (χ0n) is 22.0. The molecule has 0 bridgehead atoms. The van der Waals surface area contributed by atoms with Crippen LogP contribution in [0.3, 0.4) is 0 Å². The second-order valence-electron chi connectivity index (χ2n) is 8.83. The van der Waals surface area contributed by atoms with Gasteiger partial charge in [0.1, 0.15) is 28.8 Å². The highest BCUT2D eigenvalue weighted by Crippen LogP contribution is 2.32. The van der Waals surface area contributed by atoms with Gasteiger partial charge >= 0.3 is 0 Å². The highest BCUT2D eigenvalue weighted by molar-refractivity contribution is 5.92. The molecule has 0 amide bonds. The van der Waals surface area contributed by atoms with Crippen LogP contribution in [0.2, 0.25) is 0 Å². The van der Waals surface area contributed by atoms with Crippen LogP contribution in [0, 0.1) is 18.6 Å². The minimum Gasteiger partial charge on any atom is -0.494 e. The zero-order valence-corrected chi connectivity index (χ0v) is 22.0. The third-order valence-electron chi connectivity index (χ3n) is 6.03. The summed E-state index contributed by atoms with van der Waals surface area (Å²) in [5.74, 6) is -0.761. The number of hydrogen-bond acceptors (Lipinski definition) is 7. The van der Waals surface area contributed by atoms with Crippen LogP contribution in [0.4, 0.5) is 29.1 Å². The monoisotopic (exact) mass is 565 g/mol. The van der Waals surface area contributed by atoms with Gasteiger partial charge in [0.15, 0.2) is 17.4 Å². The van der Waals surface area contributed by atoms with Crippen molar-refractivity contribution < 1.29 is 27.0 Å². The predicted octanol–water partition coefficient (Wildman–Crippen LogP) is 6.90. The lowest BCUT2D eigenvalue weighted by molar-refractivity contribution is 0.146. The number of para-hydroxylation sites is 1. The molecule has 3 aromatic heterocycles. The number of pyridine rings is 1. The minimum absolute atomic E-state index is 0.0988. The van der Waals surface area contributed by atoms with Crippen molar-refractivity contribution in [2.45, 2.75) is 26.3 Å². The Bertz CT molecular complexity index is 1650. The lowest BCUT2D eigenvalue weighted by Gasteiger charge is -2.13. The van der Waals surface area contributed by atoms with E-state index < -0.39 is 23.8 Å². The van der Waals surface area contributed by atoms with Crippen molar-refractivity contribution in [3.63, 3.8) is 0 Å². The molecule has 0 saturated carbocycles. The smallest absolute Gasteiger partial charge is 0.280 e. The molecule has 0 aliphatic rings. The molecule has 5 aromatic rings. The number of hydrogen-bond donors (Lipinski definition) is 1. The third-order valence-corrected chi connectivity index (χ3v) is 6.03. The Morgan fingerprint density at radius 1 is 1.02 bits per heavy atom. The fraction of sp³-hybridized carbons (Fsp3) is 0.207. The van der Waals surface area contributed by atoms with Gasteiger partial charge in [0, 0.05) is 35.0 Å². The van der Waals surface area contributed by atoms with Gasteiger partial charge in [0.25, 0.3) is 6.43 Å². The summed E-state index contributed by atoms with van der Waals surface area (Å²) in [7, 11) is 0. The van der Waals surface area contributed by atoms with Crippen molar-refractivity contribution >= 4 is 22.4 Å². The number of nitrogens with one attached hydrogen (secondary N) is 1. The van der Waals surface area contributed by atoms with Crippen molar-refractivity contribution in [3.8, 4) is 23.0 Å². The molecule has 0 saturated heterocycles. The minimum atomic E-state index is -2.75. The van der Waals surface area contributed by atoms with Crippen LogP contribution in [0.15, 0.2) is 60.9 Å². The average Bonchev–Trinajstić information content (AvgIpc) is 3.33. The van der Waals surface area contributed by atoms with Gasteiger partial charge in [-0.05, 0) is 38.5 Å². The maximum absolute atomic E-state index is 14.9. The molecular formula is C29H25F4N6O2. The molecular weight excluding hydrogens is 540 g/mol. The maximum atomic E-state index is 14.9. The van der Waals surface area contributed by atoms with Gasteiger partial charge < -0.3 is 14.8 Å². The number of anilines is 2. The fourth-order valence-electron chi connectivity index (χ4n) is 4.19. The number of ether oxygens (including phenoxy) is 2. The van der Waals surface area contributed by atoms with E-state index >= 15 is 0 Å². The summed E-state index contributed by atoms with van der Waals surface area (Å²) in [6.45, 7) is 5.82. The van der Waals surface area contributed by atoms with Gasteiger partial charge in [-0.15, -0.1) is 0 Å². The number of nitrogens with zero attached hydrogens (tertiary/aromatic N) is 5. The maximum Gasteiger partial charge on any atom is 0.280 e. The van der Waals surface area contributed by atoms with E-state index in [0.717, 1.165) is 12.1 Å². The SMILES string of the molecule is [CH2]CCOc1cnc(-c2nn(Cc3c(F)cc(OCC)cc3F)c3ccccc23)nc1Nc1ccnc(C(F)F)c1. The molecule has 1 radical (unpaired) electrons. The van der Waals surface area contributed by atoms with E-state index in [1.807, 2.05) is 0 Å². The number of benzene rings is 2. The number of fused-ring (bicyclic) bond motifs is 1. The molecule has 0 aliphatic heterocycles. The Labute approximate surface area is 233 Å². The van der Waals surface area contributed by atoms with Crippen molar-refractivity contribution in [2.75, 3.05) is 18.5 Å². The van der Waals surface area contributed by atoms with E-state index in [2.05, 4.69) is 32.3 Å². The summed E-state index contributed by atoms with van der Waals surface area (Å²) in [4.78, 5) is 12.7. The van der Waals surface area contributed by atoms with Crippen LogP contribution in [-0.4, -0.2) is 37.9 Å². The Balaban J connectivity index is 1.55. The summed E-state index contributed by atoms with van der Waals surface area (Å²) in [5, 5.41) is 8.25. The second-order valence-corrected chi connectivity index (χ2v) is 8.83. The molecule has 8 nitrogen and oxygen atoms in total. The van der Waals surface area contributed by atoms with Gasteiger partial charge in [0.2, 0.25) is 0 Å². The van der Waals surface area contributed by atoms with Crippen molar-refractivity contribution in [3.05, 3.63) is 90.7 Å². The number of halogens is 4. The molecule has 0 unspecified atom stereocenters. The summed E-state index contributed by atoms with van der Waals surface area (Å²) < 4.78 is 68.6. The first-order chi connectivity index (χ1) is 19.9. The first kappa shape index (κ1) is 27.8. The largest absolute Gasteiger partial charge is 0.494 e. The van der Waals surface area contributed by atoms with Crippen LogP contribution in [0.25, 0.3) is 22.4 Å². The zero-order chi connectivity index (χ0) is 28.9. The Kier molecular flexibility index (Phi) is 8.27. The lowest BCUT2D eigenvalue weighted by atomic mass is 10.1. The second kappa shape index (κ2) is 12.2. The van der Waals surface area contributed by atoms with Crippen LogP contribution in [0.5, 0.6) is 11.5 Å². The van der Waals surface area contributed by atoms with Crippen molar-refractivity contribution in [2.24, 2.45) is 0 Å². The van der Waals surface area contributed by atoms with Gasteiger partial charge in [-0.25, -0.2) is 27.5 Å². The highest BCUT2D eigenvalue weighted by atomic mass is 19.3. The average molecular weight is 566 g/mol. The lowest BCUT2D eigenvalue weighted by Crippen LogP contribution is -2.08. The summed E-state index contributed by atoms with van der Waals surface area (Å²) in [5.41, 5.74) is 0.684. The number of rotatable bonds is 11. The molecule has 0 fully saturated rings. The van der Waals surface area contributed by atoms with Gasteiger partial charge in [-0.3, -0.25) is 9.67 Å². The summed E-state index contributed by atoms with van der Waals surface area (Å²) >= 11 is 0. The topological polar surface area (TPSA) is 87.0 Å².